The number of rotatable bonds is 4. The van der Waals surface area contributed by atoms with Crippen molar-refractivity contribution >= 4 is 77.0 Å². The molecule has 0 spiro atoms. The van der Waals surface area contributed by atoms with Crippen molar-refractivity contribution in [3.05, 3.63) is 53.3 Å². The Balaban J connectivity index is 2.07. The van der Waals surface area contributed by atoms with Gasteiger partial charge in [0.05, 0.1) is 14.0 Å². The van der Waals surface area contributed by atoms with E-state index in [1.807, 2.05) is 19.1 Å². The second kappa shape index (κ2) is 8.21. The molecular formula is C15H9Br3Cl2O3. The van der Waals surface area contributed by atoms with Gasteiger partial charge in [-0.15, -0.1) is 0 Å². The fraction of sp³-hybridized carbons (Fsp3) is 0.133. The molecule has 0 radical (unpaired) electrons. The molecule has 0 fully saturated rings. The molecular weight excluding hydrogens is 539 g/mol. The first-order valence-corrected chi connectivity index (χ1v) is 9.35. The van der Waals surface area contributed by atoms with Crippen LogP contribution in [0.4, 0.5) is 0 Å². The third-order valence-corrected chi connectivity index (χ3v) is 4.84. The first-order chi connectivity index (χ1) is 10.8. The number of benzene rings is 2. The number of aryl methyl sites for hydroxylation is 1. The van der Waals surface area contributed by atoms with Gasteiger partial charge in [0.25, 0.3) is 0 Å². The predicted molar refractivity (Wildman–Crippen MR) is 102 cm³/mol. The molecule has 0 aliphatic carbocycles. The van der Waals surface area contributed by atoms with Crippen molar-refractivity contribution in [1.82, 2.24) is 0 Å². The van der Waals surface area contributed by atoms with Crippen molar-refractivity contribution < 1.29 is 14.3 Å². The van der Waals surface area contributed by atoms with Gasteiger partial charge in [0, 0.05) is 9.50 Å². The fourth-order valence-corrected chi connectivity index (χ4v) is 4.64. The van der Waals surface area contributed by atoms with Crippen LogP contribution >= 0.6 is 71.0 Å². The molecule has 0 aliphatic heterocycles. The Bertz CT molecular complexity index is 720. The first-order valence-electron chi connectivity index (χ1n) is 6.21. The molecule has 122 valence electrons. The highest BCUT2D eigenvalue weighted by Crippen LogP contribution is 2.36. The number of esters is 1. The molecule has 2 aromatic carbocycles. The second-order valence-corrected chi connectivity index (χ2v) is 7.96. The lowest BCUT2D eigenvalue weighted by atomic mass is 10.2. The highest BCUT2D eigenvalue weighted by Gasteiger charge is 2.15. The lowest BCUT2D eigenvalue weighted by Gasteiger charge is -2.12. The molecule has 0 N–H and O–H groups in total. The molecule has 0 bridgehead atoms. The quantitative estimate of drug-likeness (QED) is 0.321. The number of hydrogen-bond donors (Lipinski definition) is 0. The predicted octanol–water partition coefficient (Wildman–Crippen LogP) is 6.57. The van der Waals surface area contributed by atoms with Crippen LogP contribution in [0.2, 0.25) is 10.0 Å². The van der Waals surface area contributed by atoms with Gasteiger partial charge in [-0.3, -0.25) is 0 Å². The monoisotopic (exact) mass is 544 g/mol. The van der Waals surface area contributed by atoms with Crippen LogP contribution < -0.4 is 9.47 Å². The molecule has 8 heteroatoms. The zero-order valence-electron chi connectivity index (χ0n) is 11.6. The molecule has 0 amide bonds. The van der Waals surface area contributed by atoms with E-state index in [4.69, 9.17) is 32.7 Å². The van der Waals surface area contributed by atoms with E-state index < -0.39 is 5.97 Å². The Morgan fingerprint density at radius 2 is 1.70 bits per heavy atom. The third kappa shape index (κ3) is 5.10. The molecule has 0 aliphatic rings. The molecule has 0 aromatic heterocycles. The molecule has 0 heterocycles. The number of carbonyl (C=O) groups excluding carboxylic acids is 1. The maximum absolute atomic E-state index is 12.0. The highest BCUT2D eigenvalue weighted by molar-refractivity contribution is 9.11. The van der Waals surface area contributed by atoms with Gasteiger partial charge in [-0.05, 0) is 68.6 Å². The summed E-state index contributed by atoms with van der Waals surface area (Å²) in [5.74, 6) is 0.201. The summed E-state index contributed by atoms with van der Waals surface area (Å²) in [5, 5.41) is 0.672. The fourth-order valence-electron chi connectivity index (χ4n) is 1.77. The lowest BCUT2D eigenvalue weighted by Crippen LogP contribution is -2.18. The smallest absolute Gasteiger partial charge is 0.349 e. The molecule has 3 nitrogen and oxygen atoms in total. The second-order valence-electron chi connectivity index (χ2n) is 4.49. The van der Waals surface area contributed by atoms with Gasteiger partial charge in [0.2, 0.25) is 0 Å². The van der Waals surface area contributed by atoms with E-state index in [1.165, 1.54) is 6.07 Å². The average molecular weight is 548 g/mol. The van der Waals surface area contributed by atoms with Crippen molar-refractivity contribution in [2.24, 2.45) is 0 Å². The number of carbonyl (C=O) groups is 1. The molecule has 2 aromatic rings. The van der Waals surface area contributed by atoms with Crippen LogP contribution in [0.3, 0.4) is 0 Å². The first kappa shape index (κ1) is 19.1. The Labute approximate surface area is 168 Å². The van der Waals surface area contributed by atoms with Crippen molar-refractivity contribution in [2.45, 2.75) is 6.92 Å². The normalized spacial score (nSPS) is 10.5. The van der Waals surface area contributed by atoms with E-state index in [2.05, 4.69) is 47.8 Å². The third-order valence-electron chi connectivity index (χ3n) is 2.71. The standard InChI is InChI=1S/C15H9Br3Cl2O3/c1-7-2-8(16)3-10(17)14(7)22-6-13(21)23-15-11(18)4-9(19)5-12(15)20/h2-5H,6H2,1H3. The topological polar surface area (TPSA) is 35.5 Å². The highest BCUT2D eigenvalue weighted by atomic mass is 79.9. The summed E-state index contributed by atoms with van der Waals surface area (Å²) in [5.41, 5.74) is 0.879. The van der Waals surface area contributed by atoms with Gasteiger partial charge in [0.1, 0.15) is 5.75 Å². The Morgan fingerprint density at radius 3 is 2.30 bits per heavy atom. The number of ether oxygens (including phenoxy) is 2. The van der Waals surface area contributed by atoms with Gasteiger partial charge in [0.15, 0.2) is 12.4 Å². The molecule has 2 rings (SSSR count). The Hall–Kier alpha value is -0.270. The van der Waals surface area contributed by atoms with E-state index >= 15 is 0 Å². The summed E-state index contributed by atoms with van der Waals surface area (Å²) in [7, 11) is 0. The van der Waals surface area contributed by atoms with E-state index in [0.717, 1.165) is 14.5 Å². The van der Waals surface area contributed by atoms with Crippen LogP contribution in [-0.4, -0.2) is 12.6 Å². The van der Waals surface area contributed by atoms with E-state index in [9.17, 15) is 4.79 Å². The molecule has 0 unspecified atom stereocenters. The van der Waals surface area contributed by atoms with Crippen LogP contribution in [0.15, 0.2) is 37.7 Å². The van der Waals surface area contributed by atoms with Gasteiger partial charge in [-0.2, -0.15) is 0 Å². The van der Waals surface area contributed by atoms with Crippen molar-refractivity contribution in [3.63, 3.8) is 0 Å². The van der Waals surface area contributed by atoms with E-state index in [1.54, 1.807) is 6.07 Å². The maximum Gasteiger partial charge on any atom is 0.349 e. The van der Waals surface area contributed by atoms with E-state index in [0.29, 0.717) is 15.2 Å². The zero-order chi connectivity index (χ0) is 17.1. The molecule has 0 saturated heterocycles. The van der Waals surface area contributed by atoms with Crippen LogP contribution in [0, 0.1) is 6.92 Å². The van der Waals surface area contributed by atoms with Gasteiger partial charge < -0.3 is 9.47 Å². The summed E-state index contributed by atoms with van der Waals surface area (Å²) >= 11 is 21.9. The van der Waals surface area contributed by atoms with Crippen LogP contribution in [0.1, 0.15) is 5.56 Å². The minimum absolute atomic E-state index is 0.205. The average Bonchev–Trinajstić information content (AvgIpc) is 2.41. The molecule has 0 saturated carbocycles. The lowest BCUT2D eigenvalue weighted by molar-refractivity contribution is -0.136. The maximum atomic E-state index is 12.0. The van der Waals surface area contributed by atoms with Crippen LogP contribution in [0.25, 0.3) is 0 Å². The van der Waals surface area contributed by atoms with Crippen LogP contribution in [0.5, 0.6) is 11.5 Å². The van der Waals surface area contributed by atoms with Gasteiger partial charge in [-0.25, -0.2) is 4.79 Å². The number of halogens is 5. The number of hydrogen-bond acceptors (Lipinski definition) is 3. The minimum Gasteiger partial charge on any atom is -0.480 e. The summed E-state index contributed by atoms with van der Waals surface area (Å²) in [4.78, 5) is 12.0. The SMILES string of the molecule is Cc1cc(Br)cc(Br)c1OCC(=O)Oc1c(Cl)cc(Cl)cc1Br. The van der Waals surface area contributed by atoms with Gasteiger partial charge in [-0.1, -0.05) is 39.1 Å². The van der Waals surface area contributed by atoms with Crippen molar-refractivity contribution in [2.75, 3.05) is 6.61 Å². The van der Waals surface area contributed by atoms with Crippen molar-refractivity contribution in [1.29, 1.82) is 0 Å². The summed E-state index contributed by atoms with van der Waals surface area (Å²) in [6, 6.07) is 6.80. The largest absolute Gasteiger partial charge is 0.480 e. The van der Waals surface area contributed by atoms with Crippen molar-refractivity contribution in [3.8, 4) is 11.5 Å². The Morgan fingerprint density at radius 1 is 1.04 bits per heavy atom. The van der Waals surface area contributed by atoms with E-state index in [-0.39, 0.29) is 17.4 Å². The van der Waals surface area contributed by atoms with Crippen LogP contribution in [-0.2, 0) is 4.79 Å². The Kier molecular flexibility index (Phi) is 6.80. The minimum atomic E-state index is -0.579. The summed E-state index contributed by atoms with van der Waals surface area (Å²) in [6.07, 6.45) is 0. The molecule has 23 heavy (non-hydrogen) atoms. The zero-order valence-corrected chi connectivity index (χ0v) is 17.9. The summed E-state index contributed by atoms with van der Waals surface area (Å²) in [6.45, 7) is 1.62. The van der Waals surface area contributed by atoms with Gasteiger partial charge >= 0.3 is 5.97 Å². The summed E-state index contributed by atoms with van der Waals surface area (Å²) < 4.78 is 12.9. The molecule has 0 atom stereocenters.